The molecule has 0 aliphatic carbocycles. The Hall–Kier alpha value is -2.16. The average Bonchev–Trinajstić information content (AvgIpc) is 2.51. The van der Waals surface area contributed by atoms with Crippen molar-refractivity contribution in [2.45, 2.75) is 46.3 Å². The number of piperidine rings is 1. The first-order chi connectivity index (χ1) is 12.2. The monoisotopic (exact) mass is 364 g/mol. The molecule has 4 atom stereocenters. The SMILES string of the molecule is C[C@H]1C[C@H](C)CN(c2nc(N)c([N+](=O)[O-])c(N3C[C@@H](C)O[C@@H](C)C3)n2)C1. The predicted octanol–water partition coefficient (Wildman–Crippen LogP) is 2.06. The number of ether oxygens (including phenoxy) is 1. The number of nitrogens with zero attached hydrogens (tertiary/aromatic N) is 5. The number of nitrogens with two attached hydrogens (primary N) is 1. The molecular formula is C17H28N6O3. The highest BCUT2D eigenvalue weighted by molar-refractivity contribution is 5.71. The molecule has 3 rings (SSSR count). The van der Waals surface area contributed by atoms with Crippen molar-refractivity contribution in [1.82, 2.24) is 9.97 Å². The van der Waals surface area contributed by atoms with Crippen LogP contribution in [0.3, 0.4) is 0 Å². The molecule has 0 aromatic carbocycles. The molecule has 3 heterocycles. The molecule has 0 amide bonds. The fourth-order valence-corrected chi connectivity index (χ4v) is 4.16. The van der Waals surface area contributed by atoms with Crippen LogP contribution in [-0.4, -0.2) is 53.3 Å². The van der Waals surface area contributed by atoms with E-state index >= 15 is 0 Å². The number of hydrogen-bond acceptors (Lipinski definition) is 8. The lowest BCUT2D eigenvalue weighted by molar-refractivity contribution is -0.383. The summed E-state index contributed by atoms with van der Waals surface area (Å²) >= 11 is 0. The molecule has 9 heteroatoms. The first kappa shape index (κ1) is 18.6. The van der Waals surface area contributed by atoms with Gasteiger partial charge in [-0.05, 0) is 32.1 Å². The largest absolute Gasteiger partial charge is 0.378 e. The van der Waals surface area contributed by atoms with E-state index in [9.17, 15) is 10.1 Å². The Morgan fingerprint density at radius 1 is 1.04 bits per heavy atom. The van der Waals surface area contributed by atoms with Gasteiger partial charge >= 0.3 is 5.69 Å². The highest BCUT2D eigenvalue weighted by Crippen LogP contribution is 2.35. The number of hydrogen-bond donors (Lipinski definition) is 1. The maximum atomic E-state index is 11.6. The van der Waals surface area contributed by atoms with Crippen molar-refractivity contribution in [3.05, 3.63) is 10.1 Å². The van der Waals surface area contributed by atoms with E-state index in [4.69, 9.17) is 10.5 Å². The molecule has 0 spiro atoms. The van der Waals surface area contributed by atoms with Gasteiger partial charge in [0.2, 0.25) is 17.6 Å². The third-order valence-corrected chi connectivity index (χ3v) is 4.93. The second-order valence-corrected chi connectivity index (χ2v) is 7.85. The molecule has 2 aliphatic heterocycles. The van der Waals surface area contributed by atoms with Crippen LogP contribution in [0.15, 0.2) is 0 Å². The van der Waals surface area contributed by atoms with E-state index in [1.54, 1.807) is 0 Å². The van der Waals surface area contributed by atoms with Gasteiger partial charge in [0.1, 0.15) is 0 Å². The number of anilines is 3. The number of nitrogen functional groups attached to an aromatic ring is 1. The van der Waals surface area contributed by atoms with Crippen LogP contribution in [0.4, 0.5) is 23.3 Å². The van der Waals surface area contributed by atoms with Gasteiger partial charge in [0, 0.05) is 26.2 Å². The Balaban J connectivity index is 2.01. The minimum atomic E-state index is -0.485. The maximum Gasteiger partial charge on any atom is 0.353 e. The Morgan fingerprint density at radius 2 is 1.62 bits per heavy atom. The van der Waals surface area contributed by atoms with Crippen LogP contribution < -0.4 is 15.5 Å². The van der Waals surface area contributed by atoms with Crippen LogP contribution in [0.2, 0.25) is 0 Å². The van der Waals surface area contributed by atoms with Crippen LogP contribution >= 0.6 is 0 Å². The summed E-state index contributed by atoms with van der Waals surface area (Å²) in [6.45, 7) is 11.0. The standard InChI is InChI=1S/C17H28N6O3/c1-10-5-11(2)7-22(6-10)17-19-15(18)14(23(24)25)16(20-17)21-8-12(3)26-13(4)9-21/h10-13H,5-9H2,1-4H3,(H2,18,19,20)/t10-,11-,12-,13+/m0/s1. The molecule has 1 aromatic heterocycles. The minimum Gasteiger partial charge on any atom is -0.378 e. The summed E-state index contributed by atoms with van der Waals surface area (Å²) in [5.41, 5.74) is 5.78. The summed E-state index contributed by atoms with van der Waals surface area (Å²) < 4.78 is 5.75. The number of aromatic nitrogens is 2. The van der Waals surface area contributed by atoms with Gasteiger partial charge in [0.15, 0.2) is 0 Å². The second-order valence-electron chi connectivity index (χ2n) is 7.85. The lowest BCUT2D eigenvalue weighted by atomic mass is 9.92. The highest BCUT2D eigenvalue weighted by Gasteiger charge is 2.33. The number of rotatable bonds is 3. The van der Waals surface area contributed by atoms with Gasteiger partial charge < -0.3 is 20.3 Å². The molecule has 0 saturated carbocycles. The molecule has 144 valence electrons. The molecule has 2 aliphatic rings. The Bertz CT molecular complexity index is 665. The Kier molecular flexibility index (Phi) is 5.17. The topological polar surface area (TPSA) is 111 Å². The summed E-state index contributed by atoms with van der Waals surface area (Å²) in [6, 6.07) is 0. The van der Waals surface area contributed by atoms with Gasteiger partial charge in [-0.15, -0.1) is 0 Å². The first-order valence-corrected chi connectivity index (χ1v) is 9.21. The molecule has 1 aromatic rings. The quantitative estimate of drug-likeness (QED) is 0.641. The fourth-order valence-electron chi connectivity index (χ4n) is 4.16. The fraction of sp³-hybridized carbons (Fsp3) is 0.765. The van der Waals surface area contributed by atoms with Crippen molar-refractivity contribution in [2.75, 3.05) is 41.7 Å². The van der Waals surface area contributed by atoms with E-state index in [2.05, 4.69) is 28.7 Å². The minimum absolute atomic E-state index is 0.0342. The van der Waals surface area contributed by atoms with Gasteiger partial charge in [0.25, 0.3) is 0 Å². The number of nitro groups is 1. The molecule has 9 nitrogen and oxygen atoms in total. The van der Waals surface area contributed by atoms with Crippen molar-refractivity contribution >= 4 is 23.3 Å². The van der Waals surface area contributed by atoms with Crippen LogP contribution in [0.1, 0.15) is 34.1 Å². The van der Waals surface area contributed by atoms with Gasteiger partial charge in [-0.2, -0.15) is 9.97 Å². The zero-order valence-electron chi connectivity index (χ0n) is 15.9. The van der Waals surface area contributed by atoms with Crippen molar-refractivity contribution in [3.63, 3.8) is 0 Å². The van der Waals surface area contributed by atoms with E-state index in [1.165, 1.54) is 0 Å². The van der Waals surface area contributed by atoms with Gasteiger partial charge in [-0.3, -0.25) is 10.1 Å². The third kappa shape index (κ3) is 3.82. The second kappa shape index (κ2) is 7.22. The Labute approximate surface area is 153 Å². The summed E-state index contributed by atoms with van der Waals surface area (Å²) in [4.78, 5) is 24.0. The molecule has 0 radical (unpaired) electrons. The zero-order chi connectivity index (χ0) is 19.0. The molecule has 2 saturated heterocycles. The van der Waals surface area contributed by atoms with E-state index in [0.717, 1.165) is 19.5 Å². The summed E-state index contributed by atoms with van der Waals surface area (Å²) in [7, 11) is 0. The maximum absolute atomic E-state index is 11.6. The lowest BCUT2D eigenvalue weighted by Gasteiger charge is -2.37. The highest BCUT2D eigenvalue weighted by atomic mass is 16.6. The van der Waals surface area contributed by atoms with Crippen LogP contribution in [0, 0.1) is 22.0 Å². The van der Waals surface area contributed by atoms with Crippen molar-refractivity contribution in [3.8, 4) is 0 Å². The molecule has 26 heavy (non-hydrogen) atoms. The Morgan fingerprint density at radius 3 is 2.15 bits per heavy atom. The average molecular weight is 364 g/mol. The molecule has 2 fully saturated rings. The van der Waals surface area contributed by atoms with Gasteiger partial charge in [-0.1, -0.05) is 13.8 Å². The number of morpholine rings is 1. The van der Waals surface area contributed by atoms with Crippen LogP contribution in [-0.2, 0) is 4.74 Å². The van der Waals surface area contributed by atoms with Crippen molar-refractivity contribution in [1.29, 1.82) is 0 Å². The van der Waals surface area contributed by atoms with E-state index in [-0.39, 0.29) is 23.7 Å². The van der Waals surface area contributed by atoms with Crippen LogP contribution in [0.5, 0.6) is 0 Å². The summed E-state index contributed by atoms with van der Waals surface area (Å²) in [6.07, 6.45) is 1.09. The van der Waals surface area contributed by atoms with Crippen molar-refractivity contribution in [2.24, 2.45) is 11.8 Å². The molecule has 0 unspecified atom stereocenters. The van der Waals surface area contributed by atoms with Gasteiger partial charge in [0.05, 0.1) is 17.1 Å². The van der Waals surface area contributed by atoms with E-state index < -0.39 is 4.92 Å². The van der Waals surface area contributed by atoms with Gasteiger partial charge in [-0.25, -0.2) is 0 Å². The molecule has 0 bridgehead atoms. The zero-order valence-corrected chi connectivity index (χ0v) is 15.9. The van der Waals surface area contributed by atoms with E-state index in [0.29, 0.717) is 36.7 Å². The summed E-state index contributed by atoms with van der Waals surface area (Å²) in [5, 5.41) is 11.6. The predicted molar refractivity (Wildman–Crippen MR) is 100 cm³/mol. The van der Waals surface area contributed by atoms with Crippen molar-refractivity contribution < 1.29 is 9.66 Å². The summed E-state index contributed by atoms with van der Waals surface area (Å²) in [5.74, 6) is 1.74. The smallest absolute Gasteiger partial charge is 0.353 e. The van der Waals surface area contributed by atoms with Crippen LogP contribution in [0.25, 0.3) is 0 Å². The first-order valence-electron chi connectivity index (χ1n) is 9.21. The lowest BCUT2D eigenvalue weighted by Crippen LogP contribution is -2.46. The third-order valence-electron chi connectivity index (χ3n) is 4.93. The van der Waals surface area contributed by atoms with E-state index in [1.807, 2.05) is 18.7 Å². The normalized spacial score (nSPS) is 29.7. The molecular weight excluding hydrogens is 336 g/mol. The molecule has 2 N–H and O–H groups in total.